The van der Waals surface area contributed by atoms with E-state index in [-0.39, 0.29) is 18.1 Å². The smallest absolute Gasteiger partial charge is 0.239 e. The van der Waals surface area contributed by atoms with E-state index in [1.807, 2.05) is 49.4 Å². The van der Waals surface area contributed by atoms with Crippen LogP contribution in [0.15, 0.2) is 48.5 Å². The number of amides is 1. The van der Waals surface area contributed by atoms with Gasteiger partial charge in [0.2, 0.25) is 5.91 Å². The number of nitrogens with zero attached hydrogens (tertiary/aromatic N) is 1. The molecule has 94 valence electrons. The number of para-hydroxylation sites is 1. The van der Waals surface area contributed by atoms with Gasteiger partial charge >= 0.3 is 0 Å². The third-order valence-electron chi connectivity index (χ3n) is 3.27. The van der Waals surface area contributed by atoms with Gasteiger partial charge in [-0.1, -0.05) is 24.3 Å². The second kappa shape index (κ2) is 4.35. The zero-order valence-corrected chi connectivity index (χ0v) is 10.6. The number of fused-ring (bicyclic) bond motifs is 1. The number of Topliss-reactive ketones (excluding diaryl/α,β-unsaturated/α-hetero) is 1. The van der Waals surface area contributed by atoms with Crippen molar-refractivity contribution in [3.05, 3.63) is 59.7 Å². The summed E-state index contributed by atoms with van der Waals surface area (Å²) in [4.78, 5) is 25.7. The van der Waals surface area contributed by atoms with E-state index in [0.29, 0.717) is 11.3 Å². The van der Waals surface area contributed by atoms with Gasteiger partial charge in [0.25, 0.3) is 0 Å². The molecule has 0 saturated carbocycles. The molecule has 3 nitrogen and oxygen atoms in total. The molecule has 0 atom stereocenters. The number of aryl methyl sites for hydroxylation is 1. The van der Waals surface area contributed by atoms with Crippen LogP contribution in [0.4, 0.5) is 11.4 Å². The molecule has 3 heteroatoms. The maximum Gasteiger partial charge on any atom is 0.239 e. The SMILES string of the molecule is Cc1cccc(N2C(=O)CC(=O)c3ccccc32)c1. The van der Waals surface area contributed by atoms with E-state index in [9.17, 15) is 9.59 Å². The van der Waals surface area contributed by atoms with Crippen LogP contribution in [0.1, 0.15) is 22.3 Å². The van der Waals surface area contributed by atoms with Crippen LogP contribution < -0.4 is 4.90 Å². The summed E-state index contributed by atoms with van der Waals surface area (Å²) in [6.07, 6.45) is -0.0645. The predicted molar refractivity (Wildman–Crippen MR) is 73.7 cm³/mol. The summed E-state index contributed by atoms with van der Waals surface area (Å²) in [6, 6.07) is 15.0. The van der Waals surface area contributed by atoms with E-state index in [0.717, 1.165) is 11.3 Å². The second-order valence-electron chi connectivity index (χ2n) is 4.69. The molecule has 1 amide bonds. The highest BCUT2D eigenvalue weighted by atomic mass is 16.2. The van der Waals surface area contributed by atoms with Gasteiger partial charge in [-0.25, -0.2) is 0 Å². The first-order chi connectivity index (χ1) is 9.16. The number of benzene rings is 2. The summed E-state index contributed by atoms with van der Waals surface area (Å²) in [5, 5.41) is 0. The molecule has 0 aromatic heterocycles. The first-order valence-corrected chi connectivity index (χ1v) is 6.18. The fourth-order valence-corrected chi connectivity index (χ4v) is 2.40. The van der Waals surface area contributed by atoms with E-state index in [4.69, 9.17) is 0 Å². The van der Waals surface area contributed by atoms with Crippen LogP contribution in [0.5, 0.6) is 0 Å². The van der Waals surface area contributed by atoms with E-state index < -0.39 is 0 Å². The minimum atomic E-state index is -0.172. The summed E-state index contributed by atoms with van der Waals surface area (Å²) >= 11 is 0. The molecule has 1 aliphatic rings. The van der Waals surface area contributed by atoms with Crippen molar-refractivity contribution in [2.24, 2.45) is 0 Å². The number of ketones is 1. The third kappa shape index (κ3) is 1.93. The normalized spacial score (nSPS) is 14.5. The predicted octanol–water partition coefficient (Wildman–Crippen LogP) is 3.25. The van der Waals surface area contributed by atoms with Crippen molar-refractivity contribution < 1.29 is 9.59 Å². The number of carbonyl (C=O) groups excluding carboxylic acids is 2. The van der Waals surface area contributed by atoms with Gasteiger partial charge < -0.3 is 0 Å². The maximum absolute atomic E-state index is 12.2. The highest BCUT2D eigenvalue weighted by Gasteiger charge is 2.30. The molecule has 0 fully saturated rings. The number of rotatable bonds is 1. The molecule has 0 saturated heterocycles. The van der Waals surface area contributed by atoms with E-state index in [2.05, 4.69) is 0 Å². The van der Waals surface area contributed by atoms with Crippen LogP contribution in [-0.4, -0.2) is 11.7 Å². The van der Waals surface area contributed by atoms with Crippen molar-refractivity contribution >= 4 is 23.1 Å². The Morgan fingerprint density at radius 3 is 2.58 bits per heavy atom. The highest BCUT2D eigenvalue weighted by molar-refractivity contribution is 6.22. The van der Waals surface area contributed by atoms with Crippen LogP contribution >= 0.6 is 0 Å². The molecule has 0 aliphatic carbocycles. The Bertz CT molecular complexity index is 676. The van der Waals surface area contributed by atoms with Gasteiger partial charge in [0.05, 0.1) is 12.1 Å². The van der Waals surface area contributed by atoms with Crippen molar-refractivity contribution in [2.75, 3.05) is 4.90 Å². The fraction of sp³-hybridized carbons (Fsp3) is 0.125. The van der Waals surface area contributed by atoms with Crippen molar-refractivity contribution in [3.63, 3.8) is 0 Å². The summed E-state index contributed by atoms with van der Waals surface area (Å²) in [5.41, 5.74) is 3.18. The van der Waals surface area contributed by atoms with Gasteiger partial charge in [0.15, 0.2) is 5.78 Å². The van der Waals surface area contributed by atoms with Crippen LogP contribution in [0.3, 0.4) is 0 Å². The third-order valence-corrected chi connectivity index (χ3v) is 3.27. The van der Waals surface area contributed by atoms with Gasteiger partial charge in [-0.05, 0) is 36.8 Å². The molecule has 1 heterocycles. The fourth-order valence-electron chi connectivity index (χ4n) is 2.40. The Balaban J connectivity index is 2.18. The maximum atomic E-state index is 12.2. The molecule has 2 aromatic rings. The minimum Gasteiger partial charge on any atom is -0.294 e. The minimum absolute atomic E-state index is 0.0645. The van der Waals surface area contributed by atoms with Crippen molar-refractivity contribution in [3.8, 4) is 0 Å². The van der Waals surface area contributed by atoms with Crippen LogP contribution in [-0.2, 0) is 4.79 Å². The molecule has 0 radical (unpaired) electrons. The molecular formula is C16H13NO2. The number of hydrogen-bond acceptors (Lipinski definition) is 2. The lowest BCUT2D eigenvalue weighted by atomic mass is 9.99. The summed E-state index contributed by atoms with van der Waals surface area (Å²) in [7, 11) is 0. The van der Waals surface area contributed by atoms with Crippen molar-refractivity contribution in [1.82, 2.24) is 0 Å². The Labute approximate surface area is 111 Å². The monoisotopic (exact) mass is 251 g/mol. The van der Waals surface area contributed by atoms with Crippen molar-refractivity contribution in [2.45, 2.75) is 13.3 Å². The van der Waals surface area contributed by atoms with Gasteiger partial charge in [-0.15, -0.1) is 0 Å². The number of anilines is 2. The molecule has 0 unspecified atom stereocenters. The first-order valence-electron chi connectivity index (χ1n) is 6.18. The molecule has 1 aliphatic heterocycles. The van der Waals surface area contributed by atoms with E-state index >= 15 is 0 Å². The van der Waals surface area contributed by atoms with Crippen molar-refractivity contribution in [1.29, 1.82) is 0 Å². The topological polar surface area (TPSA) is 37.4 Å². The highest BCUT2D eigenvalue weighted by Crippen LogP contribution is 2.34. The molecule has 0 N–H and O–H groups in total. The number of carbonyl (C=O) groups is 2. The van der Waals surface area contributed by atoms with Crippen LogP contribution in [0.25, 0.3) is 0 Å². The Kier molecular flexibility index (Phi) is 2.67. The number of hydrogen-bond donors (Lipinski definition) is 0. The molecular weight excluding hydrogens is 238 g/mol. The molecule has 0 spiro atoms. The lowest BCUT2D eigenvalue weighted by molar-refractivity contribution is -0.117. The Hall–Kier alpha value is -2.42. The quantitative estimate of drug-likeness (QED) is 0.729. The second-order valence-corrected chi connectivity index (χ2v) is 4.69. The first kappa shape index (κ1) is 11.7. The standard InChI is InChI=1S/C16H13NO2/c1-11-5-4-6-12(9-11)17-14-8-3-2-7-13(14)15(18)10-16(17)19/h2-9H,10H2,1H3. The summed E-state index contributed by atoms with van der Waals surface area (Å²) in [5.74, 6) is -0.279. The molecule has 0 bridgehead atoms. The lowest BCUT2D eigenvalue weighted by Gasteiger charge is -2.28. The van der Waals surface area contributed by atoms with Gasteiger partial charge in [0.1, 0.15) is 0 Å². The van der Waals surface area contributed by atoms with Crippen LogP contribution in [0.2, 0.25) is 0 Å². The average molecular weight is 251 g/mol. The molecule has 2 aromatic carbocycles. The largest absolute Gasteiger partial charge is 0.294 e. The summed E-state index contributed by atoms with van der Waals surface area (Å²) in [6.45, 7) is 1.98. The Morgan fingerprint density at radius 1 is 1.00 bits per heavy atom. The Morgan fingerprint density at radius 2 is 1.79 bits per heavy atom. The van der Waals surface area contributed by atoms with E-state index in [1.165, 1.54) is 0 Å². The van der Waals surface area contributed by atoms with Crippen LogP contribution in [0, 0.1) is 6.92 Å². The molecule has 19 heavy (non-hydrogen) atoms. The zero-order chi connectivity index (χ0) is 13.4. The van der Waals surface area contributed by atoms with Gasteiger partial charge in [-0.3, -0.25) is 14.5 Å². The average Bonchev–Trinajstić information content (AvgIpc) is 2.39. The summed E-state index contributed by atoms with van der Waals surface area (Å²) < 4.78 is 0. The molecule has 3 rings (SSSR count). The van der Waals surface area contributed by atoms with Gasteiger partial charge in [0, 0.05) is 11.3 Å². The van der Waals surface area contributed by atoms with Gasteiger partial charge in [-0.2, -0.15) is 0 Å². The zero-order valence-electron chi connectivity index (χ0n) is 10.6. The van der Waals surface area contributed by atoms with E-state index in [1.54, 1.807) is 11.0 Å². The lowest BCUT2D eigenvalue weighted by Crippen LogP contribution is -2.33.